The molecule has 0 unspecified atom stereocenters. The summed E-state index contributed by atoms with van der Waals surface area (Å²) in [6, 6.07) is 14.3. The first-order valence-corrected chi connectivity index (χ1v) is 11.0. The SMILES string of the molecule is O=C(CN1c2cccc3cccc(c23)S1(=O)=O)Nc1ccc(N2CCCC2)nc1. The van der Waals surface area contributed by atoms with E-state index in [1.54, 1.807) is 36.5 Å². The minimum absolute atomic E-state index is 0.245. The third-order valence-electron chi connectivity index (χ3n) is 5.43. The first-order chi connectivity index (χ1) is 14.0. The van der Waals surface area contributed by atoms with Crippen LogP contribution in [0.4, 0.5) is 17.2 Å². The lowest BCUT2D eigenvalue weighted by Gasteiger charge is -2.19. The Morgan fingerprint density at radius 1 is 1.03 bits per heavy atom. The molecule has 148 valence electrons. The maximum atomic E-state index is 13.0. The quantitative estimate of drug-likeness (QED) is 0.718. The topological polar surface area (TPSA) is 82.6 Å². The highest BCUT2D eigenvalue weighted by molar-refractivity contribution is 7.93. The summed E-state index contributed by atoms with van der Waals surface area (Å²) in [6.45, 7) is 1.71. The van der Waals surface area contributed by atoms with Gasteiger partial charge in [-0.2, -0.15) is 0 Å². The number of aromatic nitrogens is 1. The van der Waals surface area contributed by atoms with E-state index in [1.807, 2.05) is 18.2 Å². The van der Waals surface area contributed by atoms with Gasteiger partial charge in [-0.25, -0.2) is 13.4 Å². The second kappa shape index (κ2) is 6.73. The van der Waals surface area contributed by atoms with E-state index < -0.39 is 15.9 Å². The van der Waals surface area contributed by atoms with Gasteiger partial charge in [-0.3, -0.25) is 9.10 Å². The van der Waals surface area contributed by atoms with E-state index in [9.17, 15) is 13.2 Å². The largest absolute Gasteiger partial charge is 0.357 e. The smallest absolute Gasteiger partial charge is 0.265 e. The number of hydrogen-bond donors (Lipinski definition) is 1. The Bertz CT molecular complexity index is 1200. The second-order valence-corrected chi connectivity index (χ2v) is 9.12. The van der Waals surface area contributed by atoms with E-state index in [2.05, 4.69) is 15.2 Å². The fourth-order valence-corrected chi connectivity index (χ4v) is 5.72. The maximum Gasteiger partial charge on any atom is 0.265 e. The first-order valence-electron chi connectivity index (χ1n) is 9.59. The molecule has 2 aliphatic heterocycles. The van der Waals surface area contributed by atoms with Gasteiger partial charge < -0.3 is 10.2 Å². The molecule has 0 saturated carbocycles. The van der Waals surface area contributed by atoms with Gasteiger partial charge in [0.1, 0.15) is 12.4 Å². The zero-order chi connectivity index (χ0) is 20.0. The molecule has 1 N–H and O–H groups in total. The molecule has 0 bridgehead atoms. The second-order valence-electron chi connectivity index (χ2n) is 7.29. The van der Waals surface area contributed by atoms with Crippen LogP contribution in [0.3, 0.4) is 0 Å². The molecule has 0 aliphatic carbocycles. The van der Waals surface area contributed by atoms with Crippen molar-refractivity contribution in [3.8, 4) is 0 Å². The number of pyridine rings is 1. The normalized spacial score (nSPS) is 17.1. The van der Waals surface area contributed by atoms with Gasteiger partial charge in [-0.05, 0) is 42.5 Å². The average molecular weight is 408 g/mol. The third-order valence-corrected chi connectivity index (χ3v) is 7.23. The number of nitrogens with one attached hydrogen (secondary N) is 1. The highest BCUT2D eigenvalue weighted by Crippen LogP contribution is 2.41. The van der Waals surface area contributed by atoms with Crippen LogP contribution < -0.4 is 14.5 Å². The maximum absolute atomic E-state index is 13.0. The van der Waals surface area contributed by atoms with Crippen molar-refractivity contribution in [3.05, 3.63) is 54.7 Å². The summed E-state index contributed by atoms with van der Waals surface area (Å²) in [6.07, 6.45) is 3.94. The zero-order valence-electron chi connectivity index (χ0n) is 15.7. The predicted molar refractivity (Wildman–Crippen MR) is 113 cm³/mol. The van der Waals surface area contributed by atoms with Crippen LogP contribution in [-0.2, 0) is 14.8 Å². The average Bonchev–Trinajstić information content (AvgIpc) is 3.32. The van der Waals surface area contributed by atoms with Gasteiger partial charge in [0, 0.05) is 18.5 Å². The monoisotopic (exact) mass is 408 g/mol. The number of nitrogens with zero attached hydrogens (tertiary/aromatic N) is 3. The molecule has 7 nitrogen and oxygen atoms in total. The Morgan fingerprint density at radius 2 is 1.79 bits per heavy atom. The molecule has 0 radical (unpaired) electrons. The lowest BCUT2D eigenvalue weighted by Crippen LogP contribution is -2.35. The number of rotatable bonds is 4. The summed E-state index contributed by atoms with van der Waals surface area (Å²) in [4.78, 5) is 19.5. The van der Waals surface area contributed by atoms with Crippen molar-refractivity contribution in [3.63, 3.8) is 0 Å². The molecule has 1 fully saturated rings. The Labute approximate surface area is 169 Å². The molecule has 5 rings (SSSR count). The van der Waals surface area contributed by atoms with E-state index >= 15 is 0 Å². The van der Waals surface area contributed by atoms with Crippen LogP contribution in [0.2, 0.25) is 0 Å². The summed E-state index contributed by atoms with van der Waals surface area (Å²) in [5.41, 5.74) is 1.08. The Kier molecular flexibility index (Phi) is 4.16. The van der Waals surface area contributed by atoms with Crippen LogP contribution in [0.15, 0.2) is 59.6 Å². The van der Waals surface area contributed by atoms with Gasteiger partial charge in [-0.15, -0.1) is 0 Å². The fraction of sp³-hybridized carbons (Fsp3) is 0.238. The number of amides is 1. The summed E-state index contributed by atoms with van der Waals surface area (Å²) in [5.74, 6) is 0.485. The number of sulfonamides is 1. The molecular weight excluding hydrogens is 388 g/mol. The van der Waals surface area contributed by atoms with Crippen molar-refractivity contribution < 1.29 is 13.2 Å². The minimum atomic E-state index is -3.75. The molecule has 8 heteroatoms. The molecule has 2 aromatic carbocycles. The van der Waals surface area contributed by atoms with Gasteiger partial charge in [-0.1, -0.05) is 24.3 Å². The molecule has 0 spiro atoms. The molecule has 29 heavy (non-hydrogen) atoms. The lowest BCUT2D eigenvalue weighted by molar-refractivity contribution is -0.114. The van der Waals surface area contributed by atoms with E-state index in [0.717, 1.165) is 24.3 Å². The summed E-state index contributed by atoms with van der Waals surface area (Å²) in [5, 5.41) is 4.26. The van der Waals surface area contributed by atoms with Gasteiger partial charge >= 0.3 is 0 Å². The van der Waals surface area contributed by atoms with Crippen molar-refractivity contribution in [2.45, 2.75) is 17.7 Å². The van der Waals surface area contributed by atoms with E-state index in [1.165, 1.54) is 17.1 Å². The standard InChI is InChI=1S/C21H20N4O3S/c26-20(23-16-9-10-19(22-13-16)24-11-1-2-12-24)14-25-17-7-3-5-15-6-4-8-18(21(15)17)29(25,27)28/h3-10,13H,1-2,11-12,14H2,(H,23,26). The Hall–Kier alpha value is -3.13. The van der Waals surface area contributed by atoms with E-state index in [0.29, 0.717) is 16.8 Å². The summed E-state index contributed by atoms with van der Waals surface area (Å²) in [7, 11) is -3.75. The van der Waals surface area contributed by atoms with Crippen molar-refractivity contribution >= 4 is 43.9 Å². The van der Waals surface area contributed by atoms with Gasteiger partial charge in [0.15, 0.2) is 0 Å². The molecular formula is C21H20N4O3S. The van der Waals surface area contributed by atoms with E-state index in [4.69, 9.17) is 0 Å². The molecule has 3 heterocycles. The number of anilines is 3. The van der Waals surface area contributed by atoms with Crippen LogP contribution in [-0.4, -0.2) is 38.9 Å². The summed E-state index contributed by atoms with van der Waals surface area (Å²) < 4.78 is 27.1. The Morgan fingerprint density at radius 3 is 2.52 bits per heavy atom. The molecule has 0 atom stereocenters. The van der Waals surface area contributed by atoms with Crippen LogP contribution >= 0.6 is 0 Å². The van der Waals surface area contributed by atoms with Gasteiger partial charge in [0.2, 0.25) is 5.91 Å². The van der Waals surface area contributed by atoms with Crippen molar-refractivity contribution in [1.29, 1.82) is 0 Å². The Balaban J connectivity index is 1.35. The minimum Gasteiger partial charge on any atom is -0.357 e. The van der Waals surface area contributed by atoms with Crippen LogP contribution in [0.25, 0.3) is 10.8 Å². The number of carbonyl (C=O) groups is 1. The summed E-state index contributed by atoms with van der Waals surface area (Å²) >= 11 is 0. The predicted octanol–water partition coefficient (Wildman–Crippen LogP) is 2.98. The van der Waals surface area contributed by atoms with E-state index in [-0.39, 0.29) is 11.4 Å². The molecule has 1 aromatic heterocycles. The van der Waals surface area contributed by atoms with Gasteiger partial charge in [0.25, 0.3) is 10.0 Å². The van der Waals surface area contributed by atoms with Gasteiger partial charge in [0.05, 0.1) is 22.5 Å². The first kappa shape index (κ1) is 17.9. The zero-order valence-corrected chi connectivity index (χ0v) is 16.5. The highest BCUT2D eigenvalue weighted by atomic mass is 32.2. The van der Waals surface area contributed by atoms with Crippen molar-refractivity contribution in [1.82, 2.24) is 4.98 Å². The van der Waals surface area contributed by atoms with Crippen LogP contribution in [0.5, 0.6) is 0 Å². The van der Waals surface area contributed by atoms with Crippen LogP contribution in [0, 0.1) is 0 Å². The van der Waals surface area contributed by atoms with Crippen molar-refractivity contribution in [2.24, 2.45) is 0 Å². The number of benzene rings is 2. The third kappa shape index (κ3) is 3.00. The lowest BCUT2D eigenvalue weighted by atomic mass is 10.1. The van der Waals surface area contributed by atoms with Crippen molar-refractivity contribution in [2.75, 3.05) is 34.2 Å². The van der Waals surface area contributed by atoms with Crippen LogP contribution in [0.1, 0.15) is 12.8 Å². The molecule has 1 saturated heterocycles. The fourth-order valence-electron chi connectivity index (χ4n) is 4.05. The molecule has 3 aromatic rings. The number of carbonyl (C=O) groups excluding carboxylic acids is 1. The number of hydrogen-bond acceptors (Lipinski definition) is 5. The molecule has 2 aliphatic rings. The molecule has 1 amide bonds. The highest BCUT2D eigenvalue weighted by Gasteiger charge is 2.36.